The molecule has 82 valence electrons. The van der Waals surface area contributed by atoms with Gasteiger partial charge in [-0.1, -0.05) is 0 Å². The van der Waals surface area contributed by atoms with Gasteiger partial charge in [-0.05, 0) is 13.3 Å². The molecule has 0 fully saturated rings. The number of carboxylic acids is 1. The van der Waals surface area contributed by atoms with Crippen molar-refractivity contribution in [1.29, 1.82) is 0 Å². The summed E-state index contributed by atoms with van der Waals surface area (Å²) in [6.45, 7) is 1.80. The molecule has 0 spiro atoms. The molecule has 6 heteroatoms. The van der Waals surface area contributed by atoms with E-state index in [9.17, 15) is 9.59 Å². The Balaban J connectivity index is 3.81. The number of thiol groups is 1. The van der Waals surface area contributed by atoms with Crippen molar-refractivity contribution in [2.75, 3.05) is 5.75 Å². The fraction of sp³-hybridized carbons (Fsp3) is 0.750. The van der Waals surface area contributed by atoms with Crippen LogP contribution in [0.15, 0.2) is 0 Å². The van der Waals surface area contributed by atoms with Crippen LogP contribution in [0.25, 0.3) is 0 Å². The van der Waals surface area contributed by atoms with Gasteiger partial charge in [-0.2, -0.15) is 12.6 Å². The fourth-order valence-corrected chi connectivity index (χ4v) is 0.897. The minimum atomic E-state index is -0.949. The second-order valence-electron chi connectivity index (χ2n) is 3.13. The topological polar surface area (TPSA) is 92.4 Å². The molecule has 0 aromatic rings. The van der Waals surface area contributed by atoms with Crippen molar-refractivity contribution in [2.45, 2.75) is 31.8 Å². The number of nitrogens with two attached hydrogens (primary N) is 1. The lowest BCUT2D eigenvalue weighted by atomic mass is 10.1. The minimum Gasteiger partial charge on any atom is -0.481 e. The molecule has 0 aliphatic carbocycles. The molecule has 2 atom stereocenters. The molecular weight excluding hydrogens is 204 g/mol. The summed E-state index contributed by atoms with van der Waals surface area (Å²) in [5.41, 5.74) is 5.47. The summed E-state index contributed by atoms with van der Waals surface area (Å²) >= 11 is 3.99. The van der Waals surface area contributed by atoms with Crippen LogP contribution in [0.2, 0.25) is 0 Å². The van der Waals surface area contributed by atoms with E-state index in [4.69, 9.17) is 10.8 Å². The summed E-state index contributed by atoms with van der Waals surface area (Å²) in [6.07, 6.45) is 0.0598. The highest BCUT2D eigenvalue weighted by atomic mass is 32.1. The van der Waals surface area contributed by atoms with Crippen molar-refractivity contribution in [3.05, 3.63) is 0 Å². The molecule has 0 aliphatic heterocycles. The van der Waals surface area contributed by atoms with E-state index >= 15 is 0 Å². The van der Waals surface area contributed by atoms with Crippen LogP contribution in [0.4, 0.5) is 0 Å². The molecule has 0 radical (unpaired) electrons. The van der Waals surface area contributed by atoms with Crippen molar-refractivity contribution in [3.8, 4) is 0 Å². The molecule has 0 bridgehead atoms. The van der Waals surface area contributed by atoms with E-state index in [-0.39, 0.29) is 24.8 Å². The lowest BCUT2D eigenvalue weighted by Gasteiger charge is -2.15. The van der Waals surface area contributed by atoms with Gasteiger partial charge in [0.25, 0.3) is 0 Å². The third-order valence-corrected chi connectivity index (χ3v) is 2.22. The number of aliphatic carboxylic acids is 1. The largest absolute Gasteiger partial charge is 0.481 e. The van der Waals surface area contributed by atoms with Gasteiger partial charge in [-0.3, -0.25) is 9.59 Å². The molecule has 5 nitrogen and oxygen atoms in total. The van der Waals surface area contributed by atoms with E-state index in [1.165, 1.54) is 0 Å². The maximum absolute atomic E-state index is 11.3. The van der Waals surface area contributed by atoms with E-state index < -0.39 is 12.0 Å². The first-order valence-corrected chi connectivity index (χ1v) is 4.99. The average Bonchev–Trinajstić information content (AvgIpc) is 2.13. The van der Waals surface area contributed by atoms with Gasteiger partial charge in [0.2, 0.25) is 5.91 Å². The Morgan fingerprint density at radius 2 is 2.14 bits per heavy atom. The summed E-state index contributed by atoms with van der Waals surface area (Å²) in [4.78, 5) is 21.5. The zero-order valence-corrected chi connectivity index (χ0v) is 8.96. The van der Waals surface area contributed by atoms with Crippen LogP contribution in [0.1, 0.15) is 19.8 Å². The highest BCUT2D eigenvalue weighted by Gasteiger charge is 2.15. The highest BCUT2D eigenvalue weighted by Crippen LogP contribution is 1.96. The first-order chi connectivity index (χ1) is 6.47. The maximum Gasteiger partial charge on any atom is 0.303 e. The fourth-order valence-electron chi connectivity index (χ4n) is 0.806. The Labute approximate surface area is 88.5 Å². The smallest absolute Gasteiger partial charge is 0.303 e. The van der Waals surface area contributed by atoms with Gasteiger partial charge in [0.1, 0.15) is 0 Å². The predicted molar refractivity (Wildman–Crippen MR) is 56.3 cm³/mol. The summed E-state index contributed by atoms with van der Waals surface area (Å²) in [5.74, 6) is -0.750. The van der Waals surface area contributed by atoms with Crippen molar-refractivity contribution in [3.63, 3.8) is 0 Å². The second-order valence-corrected chi connectivity index (χ2v) is 3.50. The van der Waals surface area contributed by atoms with Crippen LogP contribution >= 0.6 is 12.6 Å². The lowest BCUT2D eigenvalue weighted by Crippen LogP contribution is -2.45. The Morgan fingerprint density at radius 3 is 2.57 bits per heavy atom. The molecule has 0 aliphatic rings. The zero-order valence-electron chi connectivity index (χ0n) is 8.06. The Morgan fingerprint density at radius 1 is 1.57 bits per heavy atom. The average molecular weight is 220 g/mol. The van der Waals surface area contributed by atoms with Crippen molar-refractivity contribution in [1.82, 2.24) is 5.32 Å². The zero-order chi connectivity index (χ0) is 11.1. The third kappa shape index (κ3) is 5.82. The first-order valence-electron chi connectivity index (χ1n) is 4.36. The molecular formula is C8H16N2O3S. The van der Waals surface area contributed by atoms with Gasteiger partial charge < -0.3 is 16.2 Å². The van der Waals surface area contributed by atoms with Crippen LogP contribution in [0, 0.1) is 0 Å². The van der Waals surface area contributed by atoms with Gasteiger partial charge in [0.15, 0.2) is 0 Å². The molecule has 1 amide bonds. The van der Waals surface area contributed by atoms with E-state index in [2.05, 4.69) is 17.9 Å². The van der Waals surface area contributed by atoms with Crippen LogP contribution < -0.4 is 11.1 Å². The second kappa shape index (κ2) is 6.67. The molecule has 4 N–H and O–H groups in total. The standard InChI is InChI=1S/C8H16N2O3S/c1-5(4-14)10-8(13)6(9)2-3-7(11)12/h5-6,14H,2-4,9H2,1H3,(H,10,13)(H,11,12)/t5-,6+/m1/s1. The van der Waals surface area contributed by atoms with Gasteiger partial charge in [0.05, 0.1) is 6.04 Å². The number of nitrogens with one attached hydrogen (secondary N) is 1. The van der Waals surface area contributed by atoms with E-state index in [0.29, 0.717) is 5.75 Å². The lowest BCUT2D eigenvalue weighted by molar-refractivity contribution is -0.137. The molecule has 0 heterocycles. The van der Waals surface area contributed by atoms with Gasteiger partial charge in [0, 0.05) is 18.2 Å². The van der Waals surface area contributed by atoms with E-state index in [1.54, 1.807) is 6.92 Å². The number of carboxylic acid groups (broad SMARTS) is 1. The van der Waals surface area contributed by atoms with E-state index in [0.717, 1.165) is 0 Å². The SMILES string of the molecule is C[C@H](CS)NC(=O)[C@@H](N)CCC(=O)O. The Hall–Kier alpha value is -0.750. The number of hydrogen-bond acceptors (Lipinski definition) is 4. The van der Waals surface area contributed by atoms with Gasteiger partial charge in [-0.15, -0.1) is 0 Å². The van der Waals surface area contributed by atoms with Crippen LogP contribution in [-0.2, 0) is 9.59 Å². The summed E-state index contributed by atoms with van der Waals surface area (Å²) in [5, 5.41) is 11.0. The van der Waals surface area contributed by atoms with Crippen LogP contribution in [0.3, 0.4) is 0 Å². The molecule has 0 aromatic carbocycles. The Kier molecular flexibility index (Phi) is 6.31. The highest BCUT2D eigenvalue weighted by molar-refractivity contribution is 7.80. The summed E-state index contributed by atoms with van der Waals surface area (Å²) in [7, 11) is 0. The third-order valence-electron chi connectivity index (χ3n) is 1.67. The molecule has 0 rings (SSSR count). The number of carbonyl (C=O) groups is 2. The normalized spacial score (nSPS) is 14.5. The van der Waals surface area contributed by atoms with Crippen molar-refractivity contribution >= 4 is 24.5 Å². The quantitative estimate of drug-likeness (QED) is 0.459. The van der Waals surface area contributed by atoms with Gasteiger partial charge >= 0.3 is 5.97 Å². The molecule has 0 unspecified atom stereocenters. The molecule has 0 saturated heterocycles. The van der Waals surface area contributed by atoms with Crippen molar-refractivity contribution < 1.29 is 14.7 Å². The number of carbonyl (C=O) groups excluding carboxylic acids is 1. The van der Waals surface area contributed by atoms with Crippen LogP contribution in [0.5, 0.6) is 0 Å². The monoisotopic (exact) mass is 220 g/mol. The first kappa shape index (κ1) is 13.2. The summed E-state index contributed by atoms with van der Waals surface area (Å²) < 4.78 is 0. The van der Waals surface area contributed by atoms with Gasteiger partial charge in [-0.25, -0.2) is 0 Å². The molecule has 0 aromatic heterocycles. The number of amides is 1. The summed E-state index contributed by atoms with van der Waals surface area (Å²) in [6, 6.07) is -0.810. The minimum absolute atomic E-state index is 0.0540. The number of hydrogen-bond donors (Lipinski definition) is 4. The Bertz CT molecular complexity index is 211. The van der Waals surface area contributed by atoms with E-state index in [1.807, 2.05) is 0 Å². The van der Waals surface area contributed by atoms with Crippen molar-refractivity contribution in [2.24, 2.45) is 5.73 Å². The predicted octanol–water partition coefficient (Wildman–Crippen LogP) is -0.387. The number of rotatable bonds is 6. The molecule has 14 heavy (non-hydrogen) atoms. The molecule has 0 saturated carbocycles. The van der Waals surface area contributed by atoms with Crippen LogP contribution in [-0.4, -0.2) is 34.8 Å². The maximum atomic E-state index is 11.3.